The number of rotatable bonds is 15. The van der Waals surface area contributed by atoms with Gasteiger partial charge in [0, 0.05) is 35.7 Å². The molecule has 190 valence electrons. The summed E-state index contributed by atoms with van der Waals surface area (Å²) in [5, 5.41) is 0. The summed E-state index contributed by atoms with van der Waals surface area (Å²) >= 11 is 0. The molecule has 1 aromatic heterocycles. The Labute approximate surface area is 214 Å². The average Bonchev–Trinajstić information content (AvgIpc) is 2.91. The van der Waals surface area contributed by atoms with Gasteiger partial charge in [-0.2, -0.15) is 0 Å². The first-order chi connectivity index (χ1) is 17.6. The van der Waals surface area contributed by atoms with E-state index in [1.165, 1.54) is 18.9 Å². The zero-order chi connectivity index (χ0) is 25.6. The molecule has 0 fully saturated rings. The van der Waals surface area contributed by atoms with Crippen LogP contribution in [0.5, 0.6) is 5.75 Å². The lowest BCUT2D eigenvalue weighted by Gasteiger charge is -2.12. The van der Waals surface area contributed by atoms with E-state index in [-0.39, 0.29) is 11.9 Å². The minimum Gasteiger partial charge on any atom is -0.490 e. The van der Waals surface area contributed by atoms with Crippen LogP contribution in [-0.2, 0) is 4.74 Å². The number of halogens is 1. The molecule has 0 spiro atoms. The van der Waals surface area contributed by atoms with E-state index in [1.807, 2.05) is 42.5 Å². The Hall–Kier alpha value is -3.31. The minimum atomic E-state index is -0.279. The van der Waals surface area contributed by atoms with Gasteiger partial charge in [0.15, 0.2) is 5.82 Å². The Balaban J connectivity index is 1.51. The van der Waals surface area contributed by atoms with Crippen molar-refractivity contribution in [2.75, 3.05) is 13.2 Å². The molecule has 0 saturated heterocycles. The van der Waals surface area contributed by atoms with E-state index < -0.39 is 0 Å². The third-order valence-electron chi connectivity index (χ3n) is 5.90. The van der Waals surface area contributed by atoms with E-state index in [2.05, 4.69) is 30.4 Å². The molecule has 0 aliphatic rings. The van der Waals surface area contributed by atoms with Crippen LogP contribution in [0.15, 0.2) is 73.6 Å². The molecule has 0 amide bonds. The second-order valence-electron chi connectivity index (χ2n) is 8.88. The van der Waals surface area contributed by atoms with Crippen molar-refractivity contribution in [3.8, 4) is 28.3 Å². The Morgan fingerprint density at radius 1 is 0.972 bits per heavy atom. The smallest absolute Gasteiger partial charge is 0.159 e. The summed E-state index contributed by atoms with van der Waals surface area (Å²) in [7, 11) is 0. The van der Waals surface area contributed by atoms with Gasteiger partial charge >= 0.3 is 0 Å². The van der Waals surface area contributed by atoms with Crippen LogP contribution in [-0.4, -0.2) is 29.3 Å². The van der Waals surface area contributed by atoms with Crippen molar-refractivity contribution in [2.45, 2.75) is 58.5 Å². The summed E-state index contributed by atoms with van der Waals surface area (Å²) in [6.45, 7) is 9.28. The predicted octanol–water partition coefficient (Wildman–Crippen LogP) is 8.29. The van der Waals surface area contributed by atoms with Gasteiger partial charge < -0.3 is 9.47 Å². The zero-order valence-corrected chi connectivity index (χ0v) is 21.5. The SMILES string of the molecule is C=CCOc1ccc(-c2cnc(-c3ccc(/C=C/CCCC(C)OCCCCC)c(F)c3)nc2)cc1. The normalized spacial score (nSPS) is 12.1. The van der Waals surface area contributed by atoms with Gasteiger partial charge in [-0.25, -0.2) is 14.4 Å². The number of hydrogen-bond donors (Lipinski definition) is 0. The molecule has 1 atom stereocenters. The lowest BCUT2D eigenvalue weighted by molar-refractivity contribution is 0.0566. The van der Waals surface area contributed by atoms with Gasteiger partial charge in [-0.15, -0.1) is 0 Å². The first-order valence-corrected chi connectivity index (χ1v) is 12.8. The van der Waals surface area contributed by atoms with Crippen molar-refractivity contribution < 1.29 is 13.9 Å². The van der Waals surface area contributed by atoms with E-state index in [9.17, 15) is 4.39 Å². The monoisotopic (exact) mass is 488 g/mol. The Kier molecular flexibility index (Phi) is 11.3. The van der Waals surface area contributed by atoms with Crippen molar-refractivity contribution in [3.05, 3.63) is 85.0 Å². The highest BCUT2D eigenvalue weighted by Gasteiger charge is 2.07. The lowest BCUT2D eigenvalue weighted by Crippen LogP contribution is -2.08. The van der Waals surface area contributed by atoms with Gasteiger partial charge in [-0.05, 0) is 56.4 Å². The average molecular weight is 489 g/mol. The van der Waals surface area contributed by atoms with Crippen molar-refractivity contribution in [2.24, 2.45) is 0 Å². The second-order valence-corrected chi connectivity index (χ2v) is 8.88. The van der Waals surface area contributed by atoms with Crippen LogP contribution >= 0.6 is 0 Å². The molecule has 0 bridgehead atoms. The van der Waals surface area contributed by atoms with E-state index in [4.69, 9.17) is 9.47 Å². The summed E-state index contributed by atoms with van der Waals surface area (Å²) in [5.74, 6) is 0.994. The standard InChI is InChI=1S/C31H37FN2O2/c1-4-6-10-20-35-24(3)11-8-7-9-12-26-13-14-27(21-30(26)32)31-33-22-28(23-34-31)25-15-17-29(18-16-25)36-19-5-2/h5,9,12-18,21-24H,2,4,6-8,10-11,19-20H2,1,3H3/b12-9+. The van der Waals surface area contributed by atoms with Gasteiger partial charge in [0.1, 0.15) is 18.2 Å². The van der Waals surface area contributed by atoms with E-state index >= 15 is 0 Å². The molecule has 1 heterocycles. The maximum atomic E-state index is 14.7. The summed E-state index contributed by atoms with van der Waals surface area (Å²) in [6, 6.07) is 12.8. The fourth-order valence-corrected chi connectivity index (χ4v) is 3.78. The first kappa shape index (κ1) is 27.3. The van der Waals surface area contributed by atoms with Crippen LogP contribution < -0.4 is 4.74 Å². The molecule has 36 heavy (non-hydrogen) atoms. The molecule has 0 aliphatic carbocycles. The van der Waals surface area contributed by atoms with Gasteiger partial charge in [0.2, 0.25) is 0 Å². The highest BCUT2D eigenvalue weighted by molar-refractivity contribution is 5.65. The molecule has 0 N–H and O–H groups in total. The van der Waals surface area contributed by atoms with Crippen LogP contribution in [0.3, 0.4) is 0 Å². The van der Waals surface area contributed by atoms with Crippen LogP contribution in [0.2, 0.25) is 0 Å². The molecule has 0 aliphatic heterocycles. The topological polar surface area (TPSA) is 44.2 Å². The maximum absolute atomic E-state index is 14.7. The highest BCUT2D eigenvalue weighted by atomic mass is 19.1. The quantitative estimate of drug-likeness (QED) is 0.159. The van der Waals surface area contributed by atoms with Crippen LogP contribution in [0.4, 0.5) is 4.39 Å². The summed E-state index contributed by atoms with van der Waals surface area (Å²) < 4.78 is 26.0. The number of aromatic nitrogens is 2. The number of allylic oxidation sites excluding steroid dienone is 1. The summed E-state index contributed by atoms with van der Waals surface area (Å²) in [6.07, 6.45) is 15.9. The molecule has 3 aromatic rings. The zero-order valence-electron chi connectivity index (χ0n) is 21.5. The van der Waals surface area contributed by atoms with E-state index in [0.717, 1.165) is 49.2 Å². The molecule has 5 heteroatoms. The summed E-state index contributed by atoms with van der Waals surface area (Å²) in [4.78, 5) is 8.90. The molecule has 1 unspecified atom stereocenters. The van der Waals surface area contributed by atoms with Crippen molar-refractivity contribution in [1.82, 2.24) is 9.97 Å². The number of nitrogens with zero attached hydrogens (tertiary/aromatic N) is 2. The van der Waals surface area contributed by atoms with E-state index in [0.29, 0.717) is 23.6 Å². The third-order valence-corrected chi connectivity index (χ3v) is 5.90. The van der Waals surface area contributed by atoms with Gasteiger partial charge in [-0.3, -0.25) is 0 Å². The molecule has 2 aromatic carbocycles. The molecule has 0 saturated carbocycles. The lowest BCUT2D eigenvalue weighted by atomic mass is 10.1. The highest BCUT2D eigenvalue weighted by Crippen LogP contribution is 2.24. The Bertz CT molecular complexity index is 1090. The van der Waals surface area contributed by atoms with Crippen molar-refractivity contribution in [1.29, 1.82) is 0 Å². The van der Waals surface area contributed by atoms with Gasteiger partial charge in [0.25, 0.3) is 0 Å². The number of ether oxygens (including phenoxy) is 2. The molecule has 3 rings (SSSR count). The number of hydrogen-bond acceptors (Lipinski definition) is 4. The fourth-order valence-electron chi connectivity index (χ4n) is 3.78. The van der Waals surface area contributed by atoms with Crippen LogP contribution in [0.1, 0.15) is 57.9 Å². The van der Waals surface area contributed by atoms with E-state index in [1.54, 1.807) is 24.5 Å². The van der Waals surface area contributed by atoms with Gasteiger partial charge in [-0.1, -0.05) is 68.8 Å². The fraction of sp³-hybridized carbons (Fsp3) is 0.355. The third kappa shape index (κ3) is 8.72. The molecular weight excluding hydrogens is 451 g/mol. The number of benzene rings is 2. The Morgan fingerprint density at radius 3 is 2.42 bits per heavy atom. The predicted molar refractivity (Wildman–Crippen MR) is 146 cm³/mol. The largest absolute Gasteiger partial charge is 0.490 e. The minimum absolute atomic E-state index is 0.272. The first-order valence-electron chi connectivity index (χ1n) is 12.8. The number of unbranched alkanes of at least 4 members (excludes halogenated alkanes) is 3. The van der Waals surface area contributed by atoms with Crippen LogP contribution in [0, 0.1) is 5.82 Å². The van der Waals surface area contributed by atoms with Crippen LogP contribution in [0.25, 0.3) is 28.6 Å². The maximum Gasteiger partial charge on any atom is 0.159 e. The van der Waals surface area contributed by atoms with Gasteiger partial charge in [0.05, 0.1) is 6.10 Å². The second kappa shape index (κ2) is 14.9. The summed E-state index contributed by atoms with van der Waals surface area (Å²) in [5.41, 5.74) is 3.09. The molecular formula is C31H37FN2O2. The Morgan fingerprint density at radius 2 is 1.72 bits per heavy atom. The van der Waals surface area contributed by atoms with Crippen molar-refractivity contribution in [3.63, 3.8) is 0 Å². The van der Waals surface area contributed by atoms with Crippen molar-refractivity contribution >= 4 is 6.08 Å². The molecule has 4 nitrogen and oxygen atoms in total. The molecule has 0 radical (unpaired) electrons.